The van der Waals surface area contributed by atoms with Gasteiger partial charge in [-0.05, 0) is 19.1 Å². The van der Waals surface area contributed by atoms with E-state index in [1.165, 1.54) is 6.26 Å². The number of carbonyl (C=O) groups excluding carboxylic acids is 1. The maximum absolute atomic E-state index is 11.4. The van der Waals surface area contributed by atoms with E-state index in [1.54, 1.807) is 19.1 Å². The van der Waals surface area contributed by atoms with Crippen molar-refractivity contribution in [2.45, 2.75) is 13.0 Å². The Balaban J connectivity index is 2.26. The van der Waals surface area contributed by atoms with Crippen molar-refractivity contribution in [1.29, 1.82) is 0 Å². The third-order valence-corrected chi connectivity index (χ3v) is 2.72. The van der Waals surface area contributed by atoms with E-state index < -0.39 is 5.97 Å². The van der Waals surface area contributed by atoms with E-state index in [9.17, 15) is 9.59 Å². The SMILES string of the molecule is C[C@H](NC(=O)CSCC(=O)O)c1ccco1. The molecule has 0 unspecified atom stereocenters. The van der Waals surface area contributed by atoms with Crippen molar-refractivity contribution in [3.8, 4) is 0 Å². The molecule has 0 saturated carbocycles. The molecule has 0 fully saturated rings. The average molecular weight is 243 g/mol. The number of thioether (sulfide) groups is 1. The van der Waals surface area contributed by atoms with Crippen molar-refractivity contribution in [2.75, 3.05) is 11.5 Å². The molecular formula is C10H13NO4S. The fourth-order valence-corrected chi connectivity index (χ4v) is 1.67. The third kappa shape index (κ3) is 4.39. The molecule has 16 heavy (non-hydrogen) atoms. The highest BCUT2D eigenvalue weighted by atomic mass is 32.2. The number of furan rings is 1. The predicted octanol–water partition coefficient (Wildman–Crippen LogP) is 1.27. The Bertz CT molecular complexity index is 350. The minimum absolute atomic E-state index is 0.0669. The molecule has 1 rings (SSSR count). The largest absolute Gasteiger partial charge is 0.481 e. The number of carbonyl (C=O) groups is 2. The maximum atomic E-state index is 11.4. The Morgan fingerprint density at radius 1 is 1.56 bits per heavy atom. The van der Waals surface area contributed by atoms with E-state index in [1.807, 2.05) is 0 Å². The van der Waals surface area contributed by atoms with Crippen molar-refractivity contribution in [3.05, 3.63) is 24.2 Å². The van der Waals surface area contributed by atoms with E-state index in [0.717, 1.165) is 11.8 Å². The van der Waals surface area contributed by atoms with Crippen LogP contribution in [-0.2, 0) is 9.59 Å². The van der Waals surface area contributed by atoms with E-state index in [2.05, 4.69) is 5.32 Å². The maximum Gasteiger partial charge on any atom is 0.313 e. The molecule has 2 N–H and O–H groups in total. The van der Waals surface area contributed by atoms with Crippen molar-refractivity contribution < 1.29 is 19.1 Å². The van der Waals surface area contributed by atoms with Crippen LogP contribution in [0.4, 0.5) is 0 Å². The lowest BCUT2D eigenvalue weighted by atomic mass is 10.2. The first-order chi connectivity index (χ1) is 7.59. The molecule has 1 amide bonds. The molecule has 0 aliphatic carbocycles. The van der Waals surface area contributed by atoms with E-state index in [0.29, 0.717) is 5.76 Å². The standard InChI is InChI=1S/C10H13NO4S/c1-7(8-3-2-4-15-8)11-9(12)5-16-6-10(13)14/h2-4,7H,5-6H2,1H3,(H,11,12)(H,13,14)/t7-/m0/s1. The molecule has 0 aromatic carbocycles. The molecule has 0 saturated heterocycles. The van der Waals surface area contributed by atoms with Crippen LogP contribution in [0.3, 0.4) is 0 Å². The van der Waals surface area contributed by atoms with Crippen LogP contribution < -0.4 is 5.32 Å². The zero-order chi connectivity index (χ0) is 12.0. The van der Waals surface area contributed by atoms with E-state index >= 15 is 0 Å². The second kappa shape index (κ2) is 6.22. The van der Waals surface area contributed by atoms with Crippen molar-refractivity contribution in [3.63, 3.8) is 0 Å². The molecular weight excluding hydrogens is 230 g/mol. The molecule has 0 radical (unpaired) electrons. The van der Waals surface area contributed by atoms with Gasteiger partial charge in [0.05, 0.1) is 23.8 Å². The number of aliphatic carboxylic acids is 1. The number of carboxylic acids is 1. The van der Waals surface area contributed by atoms with Gasteiger partial charge in [-0.25, -0.2) is 0 Å². The predicted molar refractivity (Wildman–Crippen MR) is 60.2 cm³/mol. The Labute approximate surface area is 97.2 Å². The Kier molecular flexibility index (Phi) is 4.91. The summed E-state index contributed by atoms with van der Waals surface area (Å²) in [6.45, 7) is 1.80. The van der Waals surface area contributed by atoms with E-state index in [4.69, 9.17) is 9.52 Å². The van der Waals surface area contributed by atoms with Crippen LogP contribution in [0, 0.1) is 0 Å². The lowest BCUT2D eigenvalue weighted by molar-refractivity contribution is -0.133. The van der Waals surface area contributed by atoms with Gasteiger partial charge in [0.1, 0.15) is 5.76 Å². The summed E-state index contributed by atoms with van der Waals surface area (Å²) in [5.41, 5.74) is 0. The normalized spacial score (nSPS) is 12.1. The summed E-state index contributed by atoms with van der Waals surface area (Å²) in [7, 11) is 0. The van der Waals surface area contributed by atoms with Crippen molar-refractivity contribution in [1.82, 2.24) is 5.32 Å². The Morgan fingerprint density at radius 2 is 2.31 bits per heavy atom. The number of rotatable bonds is 6. The summed E-state index contributed by atoms with van der Waals surface area (Å²) < 4.78 is 5.12. The number of hydrogen-bond acceptors (Lipinski definition) is 4. The summed E-state index contributed by atoms with van der Waals surface area (Å²) in [6.07, 6.45) is 1.54. The lowest BCUT2D eigenvalue weighted by Crippen LogP contribution is -2.28. The van der Waals surface area contributed by atoms with Gasteiger partial charge in [-0.1, -0.05) is 0 Å². The van der Waals surface area contributed by atoms with E-state index in [-0.39, 0.29) is 23.5 Å². The van der Waals surface area contributed by atoms with Crippen molar-refractivity contribution >= 4 is 23.6 Å². The first-order valence-electron chi connectivity index (χ1n) is 4.72. The molecule has 6 heteroatoms. The van der Waals surface area contributed by atoms with Crippen LogP contribution in [0.15, 0.2) is 22.8 Å². The number of carboxylic acid groups (broad SMARTS) is 1. The highest BCUT2D eigenvalue weighted by Crippen LogP contribution is 2.12. The van der Waals surface area contributed by atoms with Gasteiger partial charge in [-0.3, -0.25) is 9.59 Å². The first kappa shape index (κ1) is 12.6. The average Bonchev–Trinajstić information content (AvgIpc) is 2.69. The highest BCUT2D eigenvalue weighted by Gasteiger charge is 2.11. The van der Waals surface area contributed by atoms with Gasteiger partial charge in [0.25, 0.3) is 0 Å². The van der Waals surface area contributed by atoms with Gasteiger partial charge in [-0.2, -0.15) is 0 Å². The topological polar surface area (TPSA) is 79.5 Å². The third-order valence-electron chi connectivity index (χ3n) is 1.81. The number of nitrogens with one attached hydrogen (secondary N) is 1. The Morgan fingerprint density at radius 3 is 2.88 bits per heavy atom. The molecule has 0 spiro atoms. The van der Waals surface area contributed by atoms with Crippen LogP contribution in [0.1, 0.15) is 18.7 Å². The van der Waals surface area contributed by atoms with Crippen LogP contribution in [0.2, 0.25) is 0 Å². The monoisotopic (exact) mass is 243 g/mol. The summed E-state index contributed by atoms with van der Waals surface area (Å²) in [5.74, 6) is -0.372. The minimum Gasteiger partial charge on any atom is -0.481 e. The molecule has 0 aliphatic heterocycles. The summed E-state index contributed by atoms with van der Waals surface area (Å²) in [5, 5.41) is 11.1. The molecule has 88 valence electrons. The fraction of sp³-hybridized carbons (Fsp3) is 0.400. The molecule has 1 heterocycles. The quantitative estimate of drug-likeness (QED) is 0.786. The molecule has 0 aliphatic rings. The van der Waals surface area contributed by atoms with Crippen LogP contribution in [0.5, 0.6) is 0 Å². The second-order valence-corrected chi connectivity index (χ2v) is 4.18. The zero-order valence-electron chi connectivity index (χ0n) is 8.80. The number of amides is 1. The lowest BCUT2D eigenvalue weighted by Gasteiger charge is -2.10. The van der Waals surface area contributed by atoms with Crippen LogP contribution >= 0.6 is 11.8 Å². The molecule has 1 aromatic heterocycles. The van der Waals surface area contributed by atoms with Gasteiger partial charge >= 0.3 is 5.97 Å². The van der Waals surface area contributed by atoms with Crippen LogP contribution in [0.25, 0.3) is 0 Å². The van der Waals surface area contributed by atoms with Gasteiger partial charge in [0, 0.05) is 0 Å². The Hall–Kier alpha value is -1.43. The minimum atomic E-state index is -0.920. The van der Waals surface area contributed by atoms with Gasteiger partial charge in [0.2, 0.25) is 5.91 Å². The smallest absolute Gasteiger partial charge is 0.313 e. The molecule has 1 aromatic rings. The highest BCUT2D eigenvalue weighted by molar-refractivity contribution is 8.00. The summed E-state index contributed by atoms with van der Waals surface area (Å²) in [4.78, 5) is 21.6. The second-order valence-electron chi connectivity index (χ2n) is 3.19. The summed E-state index contributed by atoms with van der Waals surface area (Å²) >= 11 is 1.07. The molecule has 0 bridgehead atoms. The number of hydrogen-bond donors (Lipinski definition) is 2. The van der Waals surface area contributed by atoms with Crippen LogP contribution in [-0.4, -0.2) is 28.5 Å². The van der Waals surface area contributed by atoms with Crippen molar-refractivity contribution in [2.24, 2.45) is 0 Å². The van der Waals surface area contributed by atoms with Gasteiger partial charge < -0.3 is 14.8 Å². The van der Waals surface area contributed by atoms with Gasteiger partial charge in [-0.15, -0.1) is 11.8 Å². The molecule has 5 nitrogen and oxygen atoms in total. The zero-order valence-corrected chi connectivity index (χ0v) is 9.62. The van der Waals surface area contributed by atoms with Gasteiger partial charge in [0.15, 0.2) is 0 Å². The first-order valence-corrected chi connectivity index (χ1v) is 5.87. The molecule has 1 atom stereocenters. The summed E-state index contributed by atoms with van der Waals surface area (Å²) in [6, 6.07) is 3.32. The fourth-order valence-electron chi connectivity index (χ4n) is 1.12.